The summed E-state index contributed by atoms with van der Waals surface area (Å²) in [5.41, 5.74) is 2.40. The average Bonchev–Trinajstić information content (AvgIpc) is 2.62. The summed E-state index contributed by atoms with van der Waals surface area (Å²) in [6.07, 6.45) is 4.63. The van der Waals surface area contributed by atoms with Crippen LogP contribution in [0.2, 0.25) is 0 Å². The topological polar surface area (TPSA) is 62.4 Å². The highest BCUT2D eigenvalue weighted by atomic mass is 16.5. The summed E-state index contributed by atoms with van der Waals surface area (Å²) in [5, 5.41) is 0. The number of hydrogen-bond donors (Lipinski definition) is 1. The summed E-state index contributed by atoms with van der Waals surface area (Å²) < 4.78 is 5.20. The van der Waals surface area contributed by atoms with Crippen molar-refractivity contribution in [1.82, 2.24) is 9.88 Å². The highest BCUT2D eigenvalue weighted by Crippen LogP contribution is 2.23. The Morgan fingerprint density at radius 1 is 1.32 bits per heavy atom. The zero-order chi connectivity index (χ0) is 17.8. The van der Waals surface area contributed by atoms with Crippen molar-refractivity contribution < 1.29 is 9.53 Å². The molecule has 0 spiro atoms. The van der Waals surface area contributed by atoms with E-state index in [0.29, 0.717) is 11.5 Å². The van der Waals surface area contributed by atoms with E-state index in [1.807, 2.05) is 17.0 Å². The van der Waals surface area contributed by atoms with Gasteiger partial charge in [-0.3, -0.25) is 9.59 Å². The number of ether oxygens (including phenoxy) is 1. The van der Waals surface area contributed by atoms with Crippen molar-refractivity contribution in [3.63, 3.8) is 0 Å². The number of hydrogen-bond acceptors (Lipinski definition) is 3. The lowest BCUT2D eigenvalue weighted by atomic mass is 9.91. The van der Waals surface area contributed by atoms with Crippen LogP contribution in [-0.4, -0.2) is 36.0 Å². The van der Waals surface area contributed by atoms with Crippen LogP contribution in [0.1, 0.15) is 34.3 Å². The lowest BCUT2D eigenvalue weighted by Gasteiger charge is -2.33. The lowest BCUT2D eigenvalue weighted by molar-refractivity contribution is 0.0672. The summed E-state index contributed by atoms with van der Waals surface area (Å²) in [7, 11) is 1.67. The van der Waals surface area contributed by atoms with Gasteiger partial charge in [0.25, 0.3) is 5.91 Å². The molecule has 0 bridgehead atoms. The normalized spacial score (nSPS) is 17.4. The maximum atomic E-state index is 12.8. The van der Waals surface area contributed by atoms with Gasteiger partial charge in [0.15, 0.2) is 0 Å². The van der Waals surface area contributed by atoms with Gasteiger partial charge < -0.3 is 14.6 Å². The molecule has 1 aliphatic heterocycles. The molecule has 1 N–H and O–H groups in total. The fourth-order valence-corrected chi connectivity index (χ4v) is 3.49. The van der Waals surface area contributed by atoms with E-state index in [2.05, 4.69) is 17.1 Å². The van der Waals surface area contributed by atoms with Gasteiger partial charge in [-0.05, 0) is 55.4 Å². The van der Waals surface area contributed by atoms with Crippen molar-refractivity contribution in [2.75, 3.05) is 20.2 Å². The molecule has 2 heterocycles. The molecule has 0 unspecified atom stereocenters. The van der Waals surface area contributed by atoms with Gasteiger partial charge in [0, 0.05) is 25.4 Å². The number of nitrogens with one attached hydrogen (secondary N) is 1. The molecule has 1 saturated heterocycles. The number of aromatic amines is 1. The maximum absolute atomic E-state index is 12.8. The third-order valence-electron chi connectivity index (χ3n) is 4.85. The van der Waals surface area contributed by atoms with E-state index >= 15 is 0 Å². The molecule has 25 heavy (non-hydrogen) atoms. The zero-order valence-electron chi connectivity index (χ0n) is 14.7. The third kappa shape index (κ3) is 4.10. The van der Waals surface area contributed by atoms with Crippen LogP contribution in [0.5, 0.6) is 5.75 Å². The van der Waals surface area contributed by atoms with Crippen LogP contribution in [0, 0.1) is 12.8 Å². The van der Waals surface area contributed by atoms with Crippen molar-refractivity contribution in [3.05, 3.63) is 63.6 Å². The van der Waals surface area contributed by atoms with Crippen molar-refractivity contribution >= 4 is 5.91 Å². The van der Waals surface area contributed by atoms with Gasteiger partial charge >= 0.3 is 0 Å². The standard InChI is InChI=1S/C20H24N2O3/c1-14-10-19(23)21-12-18(14)20(24)22-9-3-4-16(13-22)11-15-5-7-17(25-2)8-6-15/h5-8,10,12,16H,3-4,9,11,13H2,1-2H3,(H,21,23)/t16-/m0/s1. The first kappa shape index (κ1) is 17.3. The molecule has 1 amide bonds. The van der Waals surface area contributed by atoms with Gasteiger partial charge in [0.2, 0.25) is 5.56 Å². The molecule has 1 aliphatic rings. The highest BCUT2D eigenvalue weighted by molar-refractivity contribution is 5.95. The van der Waals surface area contributed by atoms with Gasteiger partial charge in [-0.1, -0.05) is 12.1 Å². The number of rotatable bonds is 4. The summed E-state index contributed by atoms with van der Waals surface area (Å²) >= 11 is 0. The molecule has 0 aliphatic carbocycles. The van der Waals surface area contributed by atoms with Crippen molar-refractivity contribution in [1.29, 1.82) is 0 Å². The van der Waals surface area contributed by atoms with Crippen molar-refractivity contribution in [2.45, 2.75) is 26.2 Å². The predicted octanol–water partition coefficient (Wildman–Crippen LogP) is 2.79. The van der Waals surface area contributed by atoms with E-state index in [4.69, 9.17) is 4.74 Å². The first-order valence-corrected chi connectivity index (χ1v) is 8.68. The minimum absolute atomic E-state index is 0.00757. The number of carbonyl (C=O) groups excluding carboxylic acids is 1. The SMILES string of the molecule is COc1ccc(C[C@@H]2CCCN(C(=O)c3c[nH]c(=O)cc3C)C2)cc1. The molecule has 5 nitrogen and oxygen atoms in total. The third-order valence-corrected chi connectivity index (χ3v) is 4.85. The van der Waals surface area contributed by atoms with Crippen LogP contribution in [0.25, 0.3) is 0 Å². The number of H-pyrrole nitrogens is 1. The molecule has 1 fully saturated rings. The molecule has 0 radical (unpaired) electrons. The van der Waals surface area contributed by atoms with Gasteiger partial charge in [0.1, 0.15) is 5.75 Å². The Bertz CT molecular complexity index is 795. The van der Waals surface area contributed by atoms with Gasteiger partial charge in [-0.25, -0.2) is 0 Å². The van der Waals surface area contributed by atoms with Gasteiger partial charge in [-0.15, -0.1) is 0 Å². The smallest absolute Gasteiger partial charge is 0.255 e. The molecule has 0 saturated carbocycles. The number of piperidine rings is 1. The molecular weight excluding hydrogens is 316 g/mol. The molecule has 5 heteroatoms. The summed E-state index contributed by atoms with van der Waals surface area (Å²) in [6, 6.07) is 9.61. The fourth-order valence-electron chi connectivity index (χ4n) is 3.49. The zero-order valence-corrected chi connectivity index (χ0v) is 14.7. The number of amides is 1. The summed E-state index contributed by atoms with van der Waals surface area (Å²) in [4.78, 5) is 28.7. The first-order valence-electron chi connectivity index (χ1n) is 8.68. The minimum atomic E-state index is -0.176. The number of likely N-dealkylation sites (tertiary alicyclic amines) is 1. The molecule has 2 aromatic rings. The number of benzene rings is 1. The van der Waals surface area contributed by atoms with Crippen molar-refractivity contribution in [3.8, 4) is 5.75 Å². The Morgan fingerprint density at radius 3 is 2.76 bits per heavy atom. The Labute approximate surface area is 147 Å². The second-order valence-electron chi connectivity index (χ2n) is 6.71. The molecule has 132 valence electrons. The number of aromatic nitrogens is 1. The predicted molar refractivity (Wildman–Crippen MR) is 97.1 cm³/mol. The maximum Gasteiger partial charge on any atom is 0.255 e. The average molecular weight is 340 g/mol. The van der Waals surface area contributed by atoms with E-state index in [0.717, 1.165) is 43.7 Å². The molecule has 3 rings (SSSR count). The first-order chi connectivity index (χ1) is 12.1. The largest absolute Gasteiger partial charge is 0.497 e. The van der Waals surface area contributed by atoms with E-state index in [1.54, 1.807) is 14.0 Å². The van der Waals surface area contributed by atoms with E-state index in [-0.39, 0.29) is 11.5 Å². The van der Waals surface area contributed by atoms with Crippen LogP contribution in [0.3, 0.4) is 0 Å². The second kappa shape index (κ2) is 7.55. The number of pyridine rings is 1. The van der Waals surface area contributed by atoms with Crippen LogP contribution in [0.15, 0.2) is 41.3 Å². The fraction of sp³-hybridized carbons (Fsp3) is 0.400. The van der Waals surface area contributed by atoms with E-state index in [9.17, 15) is 9.59 Å². The minimum Gasteiger partial charge on any atom is -0.497 e. The monoisotopic (exact) mass is 340 g/mol. The lowest BCUT2D eigenvalue weighted by Crippen LogP contribution is -2.41. The molecule has 1 aromatic carbocycles. The van der Waals surface area contributed by atoms with Gasteiger partial charge in [-0.2, -0.15) is 0 Å². The van der Waals surface area contributed by atoms with Crippen LogP contribution < -0.4 is 10.3 Å². The Morgan fingerprint density at radius 2 is 2.08 bits per heavy atom. The molecular formula is C20H24N2O3. The van der Waals surface area contributed by atoms with Crippen molar-refractivity contribution in [2.24, 2.45) is 5.92 Å². The second-order valence-corrected chi connectivity index (χ2v) is 6.71. The Kier molecular flexibility index (Phi) is 5.22. The summed E-state index contributed by atoms with van der Waals surface area (Å²) in [6.45, 7) is 3.33. The quantitative estimate of drug-likeness (QED) is 0.931. The molecule has 1 aromatic heterocycles. The van der Waals surface area contributed by atoms with Crippen LogP contribution in [-0.2, 0) is 6.42 Å². The molecule has 1 atom stereocenters. The Hall–Kier alpha value is -2.56. The van der Waals surface area contributed by atoms with Crippen LogP contribution >= 0.6 is 0 Å². The Balaban J connectivity index is 1.67. The number of nitrogens with zero attached hydrogens (tertiary/aromatic N) is 1. The van der Waals surface area contributed by atoms with Crippen LogP contribution in [0.4, 0.5) is 0 Å². The van der Waals surface area contributed by atoms with Gasteiger partial charge in [0.05, 0.1) is 12.7 Å². The number of methoxy groups -OCH3 is 1. The number of aryl methyl sites for hydroxylation is 1. The number of carbonyl (C=O) groups is 1. The highest BCUT2D eigenvalue weighted by Gasteiger charge is 2.25. The van der Waals surface area contributed by atoms with E-state index in [1.165, 1.54) is 17.8 Å². The van der Waals surface area contributed by atoms with E-state index < -0.39 is 0 Å². The summed E-state index contributed by atoms with van der Waals surface area (Å²) in [5.74, 6) is 1.32.